The molecule has 39 heavy (non-hydrogen) atoms. The van der Waals surface area contributed by atoms with Crippen molar-refractivity contribution in [2.45, 2.75) is 110 Å². The fourth-order valence-electron chi connectivity index (χ4n) is 4.46. The highest BCUT2D eigenvalue weighted by Gasteiger charge is 2.48. The van der Waals surface area contributed by atoms with E-state index in [1.54, 1.807) is 18.7 Å². The van der Waals surface area contributed by atoms with Crippen LogP contribution in [0.25, 0.3) is 0 Å². The fourth-order valence-corrected chi connectivity index (χ4v) is 5.82. The molecule has 1 unspecified atom stereocenters. The van der Waals surface area contributed by atoms with Gasteiger partial charge >= 0.3 is 6.09 Å². The highest BCUT2D eigenvalue weighted by atomic mass is 28.4. The summed E-state index contributed by atoms with van der Waals surface area (Å²) in [4.78, 5) is 41.0. The van der Waals surface area contributed by atoms with Gasteiger partial charge in [-0.1, -0.05) is 27.7 Å². The zero-order valence-corrected chi connectivity index (χ0v) is 26.4. The van der Waals surface area contributed by atoms with Crippen LogP contribution in [0.1, 0.15) is 72.2 Å². The number of rotatable bonds is 9. The summed E-state index contributed by atoms with van der Waals surface area (Å²) in [6.45, 7) is 19.9. The van der Waals surface area contributed by atoms with E-state index in [0.717, 1.165) is 0 Å². The first-order chi connectivity index (χ1) is 17.8. The van der Waals surface area contributed by atoms with E-state index in [1.807, 2.05) is 20.8 Å². The number of Topliss-reactive ketones (excluding diaryl/α,β-unsaturated/α-hetero) is 1. The van der Waals surface area contributed by atoms with E-state index < -0.39 is 49.9 Å². The number of amides is 2. The molecule has 0 radical (unpaired) electrons. The summed E-state index contributed by atoms with van der Waals surface area (Å²) < 4.78 is 31.4. The van der Waals surface area contributed by atoms with Gasteiger partial charge in [0.1, 0.15) is 11.4 Å². The molecule has 2 amide bonds. The molecule has 5 atom stereocenters. The van der Waals surface area contributed by atoms with E-state index in [4.69, 9.17) is 13.9 Å². The predicted octanol–water partition coefficient (Wildman–Crippen LogP) is 5.56. The summed E-state index contributed by atoms with van der Waals surface area (Å²) in [6, 6.07) is 3.90. The van der Waals surface area contributed by atoms with Gasteiger partial charge in [-0.05, 0) is 76.5 Å². The molecule has 2 rings (SSSR count). The van der Waals surface area contributed by atoms with Crippen molar-refractivity contribution in [1.29, 1.82) is 0 Å². The van der Waals surface area contributed by atoms with Gasteiger partial charge in [0.05, 0.1) is 30.2 Å². The molecule has 0 spiro atoms. The number of nitrogens with zero attached hydrogens (tertiary/aromatic N) is 1. The third-order valence-corrected chi connectivity index (χ3v) is 12.2. The fraction of sp³-hybridized carbons (Fsp3) is 0.690. The molecule has 1 saturated heterocycles. The Morgan fingerprint density at radius 1 is 1.05 bits per heavy atom. The Labute approximate surface area is 234 Å². The van der Waals surface area contributed by atoms with E-state index in [2.05, 4.69) is 39.2 Å². The number of ketones is 1. The zero-order valence-electron chi connectivity index (χ0n) is 25.4. The molecule has 0 saturated carbocycles. The average molecular weight is 567 g/mol. The molecular weight excluding hydrogens is 519 g/mol. The average Bonchev–Trinajstić information content (AvgIpc) is 3.20. The summed E-state index contributed by atoms with van der Waals surface area (Å²) in [6.07, 6.45) is -0.885. The van der Waals surface area contributed by atoms with Gasteiger partial charge in [-0.25, -0.2) is 9.18 Å². The standard InChI is InChI=1S/C29H47FN2O6Si/c1-18(26(34)31-19(2)24(33)20-12-14-21(30)15-13-20)25(36-9)23-16-22(38-39(10,11)29(6,7)8)17-32(23)27(35)37-28(3,4)5/h12-15,18-19,22-23,25H,16-17H2,1-11H3,(H,31,34)/t18-,19?,22+,23+,25-/m1/s1. The van der Waals surface area contributed by atoms with Crippen LogP contribution in [0, 0.1) is 11.7 Å². The van der Waals surface area contributed by atoms with Crippen LogP contribution in [0.4, 0.5) is 9.18 Å². The monoisotopic (exact) mass is 566 g/mol. The second kappa shape index (κ2) is 12.5. The highest BCUT2D eigenvalue weighted by Crippen LogP contribution is 2.40. The van der Waals surface area contributed by atoms with Gasteiger partial charge in [0.25, 0.3) is 0 Å². The lowest BCUT2D eigenvalue weighted by atomic mass is 9.94. The molecule has 8 nitrogen and oxygen atoms in total. The topological polar surface area (TPSA) is 94.2 Å². The molecule has 0 aliphatic carbocycles. The molecule has 220 valence electrons. The van der Waals surface area contributed by atoms with Gasteiger partial charge in [0, 0.05) is 19.2 Å². The first kappa shape index (κ1) is 32.9. The van der Waals surface area contributed by atoms with Gasteiger partial charge in [-0.3, -0.25) is 14.5 Å². The molecule has 1 fully saturated rings. The number of nitrogens with one attached hydrogen (secondary N) is 1. The SMILES string of the molecule is CO[C@H]([C@@H](C)C(=O)NC(C)C(=O)c1ccc(F)cc1)[C@@H]1C[C@H](O[Si](C)(C)C(C)(C)C)CN1C(=O)OC(C)(C)C. The number of methoxy groups -OCH3 is 1. The number of hydrogen-bond donors (Lipinski definition) is 1. The van der Waals surface area contributed by atoms with Crippen LogP contribution >= 0.6 is 0 Å². The Kier molecular flexibility index (Phi) is 10.5. The lowest BCUT2D eigenvalue weighted by Crippen LogP contribution is -2.52. The number of hydrogen-bond acceptors (Lipinski definition) is 6. The van der Waals surface area contributed by atoms with Crippen molar-refractivity contribution in [2.24, 2.45) is 5.92 Å². The van der Waals surface area contributed by atoms with Crippen LogP contribution in [0.15, 0.2) is 24.3 Å². The third-order valence-electron chi connectivity index (χ3n) is 7.64. The van der Waals surface area contributed by atoms with Gasteiger partial charge in [0.15, 0.2) is 14.1 Å². The minimum absolute atomic E-state index is 0.0110. The smallest absolute Gasteiger partial charge is 0.410 e. The highest BCUT2D eigenvalue weighted by molar-refractivity contribution is 6.74. The van der Waals surface area contributed by atoms with E-state index in [1.165, 1.54) is 31.4 Å². The second-order valence-corrected chi connectivity index (χ2v) is 17.8. The van der Waals surface area contributed by atoms with Crippen LogP contribution in [0.3, 0.4) is 0 Å². The van der Waals surface area contributed by atoms with Crippen molar-refractivity contribution in [3.63, 3.8) is 0 Å². The molecular formula is C29H47FN2O6Si. The van der Waals surface area contributed by atoms with Crippen molar-refractivity contribution in [3.8, 4) is 0 Å². The maximum Gasteiger partial charge on any atom is 0.410 e. The molecule has 1 heterocycles. The number of carbonyl (C=O) groups is 3. The van der Waals surface area contributed by atoms with E-state index in [-0.39, 0.29) is 22.8 Å². The number of benzene rings is 1. The van der Waals surface area contributed by atoms with E-state index in [0.29, 0.717) is 18.5 Å². The first-order valence-electron chi connectivity index (χ1n) is 13.6. The number of halogens is 1. The zero-order chi connectivity index (χ0) is 29.9. The van der Waals surface area contributed by atoms with Crippen LogP contribution in [-0.2, 0) is 18.7 Å². The minimum atomic E-state index is -2.13. The van der Waals surface area contributed by atoms with Gasteiger partial charge in [-0.2, -0.15) is 0 Å². The summed E-state index contributed by atoms with van der Waals surface area (Å²) in [5, 5.41) is 2.75. The predicted molar refractivity (Wildman–Crippen MR) is 152 cm³/mol. The van der Waals surface area contributed by atoms with E-state index >= 15 is 0 Å². The van der Waals surface area contributed by atoms with E-state index in [9.17, 15) is 18.8 Å². The molecule has 1 aromatic carbocycles. The third kappa shape index (κ3) is 8.59. The molecule has 0 aromatic heterocycles. The maximum atomic E-state index is 13.3. The number of likely N-dealkylation sites (tertiary alicyclic amines) is 1. The Morgan fingerprint density at radius 3 is 2.10 bits per heavy atom. The van der Waals surface area contributed by atoms with Gasteiger partial charge in [0.2, 0.25) is 5.91 Å². The van der Waals surface area contributed by atoms with Crippen LogP contribution in [0.5, 0.6) is 0 Å². The summed E-state index contributed by atoms with van der Waals surface area (Å²) in [7, 11) is -0.624. The minimum Gasteiger partial charge on any atom is -0.444 e. The van der Waals surface area contributed by atoms with Crippen LogP contribution in [0.2, 0.25) is 18.1 Å². The summed E-state index contributed by atoms with van der Waals surface area (Å²) >= 11 is 0. The van der Waals surface area contributed by atoms with Crippen molar-refractivity contribution < 1.29 is 32.7 Å². The van der Waals surface area contributed by atoms with Crippen molar-refractivity contribution >= 4 is 26.1 Å². The van der Waals surface area contributed by atoms with Crippen molar-refractivity contribution in [2.75, 3.05) is 13.7 Å². The van der Waals surface area contributed by atoms with Crippen LogP contribution < -0.4 is 5.32 Å². The normalized spacial score (nSPS) is 20.8. The Hall–Kier alpha value is -2.30. The van der Waals surface area contributed by atoms with Crippen LogP contribution in [-0.4, -0.2) is 74.5 Å². The maximum absolute atomic E-state index is 13.3. The Bertz CT molecular complexity index is 1020. The molecule has 1 aliphatic heterocycles. The quantitative estimate of drug-likeness (QED) is 0.311. The molecule has 10 heteroatoms. The second-order valence-electron chi connectivity index (χ2n) is 13.0. The Balaban J connectivity index is 2.24. The lowest BCUT2D eigenvalue weighted by molar-refractivity contribution is -0.131. The molecule has 1 N–H and O–H groups in total. The summed E-state index contributed by atoms with van der Waals surface area (Å²) in [5.74, 6) is -1.85. The largest absolute Gasteiger partial charge is 0.444 e. The number of ether oxygens (including phenoxy) is 2. The van der Waals surface area contributed by atoms with Crippen molar-refractivity contribution in [1.82, 2.24) is 10.2 Å². The molecule has 0 bridgehead atoms. The Morgan fingerprint density at radius 2 is 1.62 bits per heavy atom. The van der Waals surface area contributed by atoms with Gasteiger partial charge < -0.3 is 19.2 Å². The molecule has 1 aliphatic rings. The van der Waals surface area contributed by atoms with Gasteiger partial charge in [-0.15, -0.1) is 0 Å². The van der Waals surface area contributed by atoms with Crippen molar-refractivity contribution in [3.05, 3.63) is 35.6 Å². The number of carbonyl (C=O) groups excluding carboxylic acids is 3. The first-order valence-corrected chi connectivity index (χ1v) is 16.5. The molecule has 1 aromatic rings. The lowest BCUT2D eigenvalue weighted by Gasteiger charge is -2.38. The summed E-state index contributed by atoms with van der Waals surface area (Å²) in [5.41, 5.74) is -0.389.